The number of aromatic nitrogens is 2. The number of benzene rings is 1. The van der Waals surface area contributed by atoms with Gasteiger partial charge in [0.1, 0.15) is 0 Å². The molecular weight excluding hydrogens is 241 g/mol. The second-order valence-corrected chi connectivity index (χ2v) is 4.36. The maximum absolute atomic E-state index is 13.8. The Hall–Kier alpha value is -2.20. The quantitative estimate of drug-likeness (QED) is 0.781. The predicted molar refractivity (Wildman–Crippen MR) is 73.3 cm³/mol. The van der Waals surface area contributed by atoms with Crippen LogP contribution in [-0.2, 0) is 6.42 Å². The molecule has 0 radical (unpaired) electrons. The lowest BCUT2D eigenvalue weighted by Gasteiger charge is -2.03. The summed E-state index contributed by atoms with van der Waals surface area (Å²) in [7, 11) is 0. The lowest BCUT2D eigenvalue weighted by molar-refractivity contribution is 0.629. The van der Waals surface area contributed by atoms with E-state index in [0.717, 1.165) is 17.0 Å². The van der Waals surface area contributed by atoms with Crippen LogP contribution >= 0.6 is 0 Å². The van der Waals surface area contributed by atoms with E-state index in [1.807, 2.05) is 36.5 Å². The Balaban J connectivity index is 2.29. The van der Waals surface area contributed by atoms with E-state index in [2.05, 4.69) is 4.98 Å². The van der Waals surface area contributed by atoms with Crippen molar-refractivity contribution < 1.29 is 4.39 Å². The molecule has 0 atom stereocenters. The van der Waals surface area contributed by atoms with Gasteiger partial charge in [-0.25, -0.2) is 9.37 Å². The summed E-state index contributed by atoms with van der Waals surface area (Å²) in [6.45, 7) is 0.504. The number of pyridine rings is 1. The summed E-state index contributed by atoms with van der Waals surface area (Å²) < 4.78 is 15.6. The van der Waals surface area contributed by atoms with Crippen molar-refractivity contribution in [3.05, 3.63) is 60.2 Å². The van der Waals surface area contributed by atoms with Gasteiger partial charge >= 0.3 is 0 Å². The fraction of sp³-hybridized carbons (Fsp3) is 0.133. The van der Waals surface area contributed by atoms with Gasteiger partial charge in [0.15, 0.2) is 11.5 Å². The van der Waals surface area contributed by atoms with Crippen LogP contribution in [0.25, 0.3) is 16.9 Å². The molecule has 3 nitrogen and oxygen atoms in total. The van der Waals surface area contributed by atoms with E-state index >= 15 is 0 Å². The van der Waals surface area contributed by atoms with Crippen molar-refractivity contribution in [2.45, 2.75) is 6.42 Å². The zero-order valence-corrected chi connectivity index (χ0v) is 10.4. The van der Waals surface area contributed by atoms with Gasteiger partial charge in [-0.2, -0.15) is 0 Å². The van der Waals surface area contributed by atoms with Gasteiger partial charge in [0.05, 0.1) is 11.4 Å². The summed E-state index contributed by atoms with van der Waals surface area (Å²) in [5.41, 5.74) is 8.74. The van der Waals surface area contributed by atoms with Crippen LogP contribution in [0.4, 0.5) is 4.39 Å². The molecular formula is C15H14FN3. The van der Waals surface area contributed by atoms with Crippen molar-refractivity contribution in [2.75, 3.05) is 6.54 Å². The largest absolute Gasteiger partial charge is 0.330 e. The molecule has 3 aromatic rings. The van der Waals surface area contributed by atoms with E-state index in [4.69, 9.17) is 5.73 Å². The lowest BCUT2D eigenvalue weighted by Crippen LogP contribution is -2.06. The summed E-state index contributed by atoms with van der Waals surface area (Å²) in [6, 6.07) is 12.9. The summed E-state index contributed by atoms with van der Waals surface area (Å²) in [6.07, 6.45) is 2.48. The molecule has 19 heavy (non-hydrogen) atoms. The molecule has 0 saturated heterocycles. The molecule has 2 aromatic heterocycles. The van der Waals surface area contributed by atoms with E-state index in [-0.39, 0.29) is 5.82 Å². The van der Waals surface area contributed by atoms with Gasteiger partial charge < -0.3 is 10.1 Å². The van der Waals surface area contributed by atoms with Crippen LogP contribution in [0.2, 0.25) is 0 Å². The van der Waals surface area contributed by atoms with Crippen molar-refractivity contribution in [1.82, 2.24) is 9.38 Å². The predicted octanol–water partition coefficient (Wildman–Crippen LogP) is 2.64. The van der Waals surface area contributed by atoms with Gasteiger partial charge in [0.25, 0.3) is 0 Å². The third-order valence-electron chi connectivity index (χ3n) is 3.13. The Morgan fingerprint density at radius 3 is 2.63 bits per heavy atom. The molecule has 4 heteroatoms. The van der Waals surface area contributed by atoms with Gasteiger partial charge in [0, 0.05) is 18.2 Å². The number of halogens is 1. The molecule has 1 aromatic carbocycles. The number of fused-ring (bicyclic) bond motifs is 1. The summed E-state index contributed by atoms with van der Waals surface area (Å²) in [5.74, 6) is -0.317. The average Bonchev–Trinajstić information content (AvgIpc) is 2.81. The van der Waals surface area contributed by atoms with Crippen molar-refractivity contribution in [3.63, 3.8) is 0 Å². The highest BCUT2D eigenvalue weighted by atomic mass is 19.1. The van der Waals surface area contributed by atoms with E-state index in [1.165, 1.54) is 6.07 Å². The molecule has 0 aliphatic carbocycles. The minimum absolute atomic E-state index is 0.317. The monoisotopic (exact) mass is 255 g/mol. The second-order valence-electron chi connectivity index (χ2n) is 4.36. The van der Waals surface area contributed by atoms with Gasteiger partial charge in [-0.3, -0.25) is 0 Å². The highest BCUT2D eigenvalue weighted by Crippen LogP contribution is 2.25. The Kier molecular flexibility index (Phi) is 3.01. The smallest absolute Gasteiger partial charge is 0.173 e. The summed E-state index contributed by atoms with van der Waals surface area (Å²) >= 11 is 0. The minimum Gasteiger partial charge on any atom is -0.330 e. The first-order chi connectivity index (χ1) is 9.31. The lowest BCUT2D eigenvalue weighted by atomic mass is 10.1. The molecule has 2 N–H and O–H groups in total. The number of rotatable bonds is 3. The normalized spacial score (nSPS) is 11.1. The molecule has 0 bridgehead atoms. The van der Waals surface area contributed by atoms with Gasteiger partial charge in [0.2, 0.25) is 0 Å². The van der Waals surface area contributed by atoms with E-state index in [9.17, 15) is 4.39 Å². The Morgan fingerprint density at radius 1 is 1.11 bits per heavy atom. The first kappa shape index (κ1) is 11.9. The van der Waals surface area contributed by atoms with Crippen molar-refractivity contribution in [1.29, 1.82) is 0 Å². The van der Waals surface area contributed by atoms with Gasteiger partial charge in [-0.1, -0.05) is 30.3 Å². The average molecular weight is 255 g/mol. The van der Waals surface area contributed by atoms with E-state index in [1.54, 1.807) is 10.5 Å². The Labute approximate surface area is 110 Å². The molecule has 3 rings (SSSR count). The fourth-order valence-electron chi connectivity index (χ4n) is 2.29. The summed E-state index contributed by atoms with van der Waals surface area (Å²) in [4.78, 5) is 4.43. The Bertz CT molecular complexity index is 704. The third-order valence-corrected chi connectivity index (χ3v) is 3.13. The van der Waals surface area contributed by atoms with Crippen LogP contribution in [0.3, 0.4) is 0 Å². The molecule has 0 spiro atoms. The number of nitrogens with zero attached hydrogens (tertiary/aromatic N) is 2. The molecule has 0 fully saturated rings. The number of imidazole rings is 1. The maximum Gasteiger partial charge on any atom is 0.173 e. The SMILES string of the molecule is NCCc1c(-c2ccccc2)nc2c(F)cccn12. The van der Waals surface area contributed by atoms with Crippen molar-refractivity contribution in [2.24, 2.45) is 5.73 Å². The van der Waals surface area contributed by atoms with Crippen molar-refractivity contribution in [3.8, 4) is 11.3 Å². The van der Waals surface area contributed by atoms with Crippen LogP contribution in [0.1, 0.15) is 5.69 Å². The molecule has 0 saturated carbocycles. The van der Waals surface area contributed by atoms with Crippen LogP contribution in [0, 0.1) is 5.82 Å². The first-order valence-corrected chi connectivity index (χ1v) is 6.22. The van der Waals surface area contributed by atoms with Crippen molar-refractivity contribution >= 4 is 5.65 Å². The zero-order chi connectivity index (χ0) is 13.2. The zero-order valence-electron chi connectivity index (χ0n) is 10.4. The van der Waals surface area contributed by atoms with Gasteiger partial charge in [-0.15, -0.1) is 0 Å². The highest BCUT2D eigenvalue weighted by Gasteiger charge is 2.15. The highest BCUT2D eigenvalue weighted by molar-refractivity contribution is 5.66. The first-order valence-electron chi connectivity index (χ1n) is 6.22. The van der Waals surface area contributed by atoms with Crippen LogP contribution in [0.15, 0.2) is 48.7 Å². The topological polar surface area (TPSA) is 43.3 Å². The molecule has 0 aliphatic heterocycles. The molecule has 2 heterocycles. The minimum atomic E-state index is -0.317. The molecule has 96 valence electrons. The maximum atomic E-state index is 13.8. The van der Waals surface area contributed by atoms with E-state index < -0.39 is 0 Å². The molecule has 0 unspecified atom stereocenters. The van der Waals surface area contributed by atoms with Gasteiger partial charge in [-0.05, 0) is 18.7 Å². The second kappa shape index (κ2) is 4.82. The fourth-order valence-corrected chi connectivity index (χ4v) is 2.29. The number of hydrogen-bond donors (Lipinski definition) is 1. The Morgan fingerprint density at radius 2 is 1.89 bits per heavy atom. The summed E-state index contributed by atoms with van der Waals surface area (Å²) in [5, 5.41) is 0. The molecule has 0 amide bonds. The molecule has 0 aliphatic rings. The van der Waals surface area contributed by atoms with E-state index in [0.29, 0.717) is 18.6 Å². The van der Waals surface area contributed by atoms with Crippen LogP contribution in [-0.4, -0.2) is 15.9 Å². The third kappa shape index (κ3) is 2.00. The standard InChI is InChI=1S/C15H14FN3/c16-12-7-4-10-19-13(8-9-17)14(18-15(12)19)11-5-2-1-3-6-11/h1-7,10H,8-9,17H2. The number of nitrogens with two attached hydrogens (primary N) is 1. The van der Waals surface area contributed by atoms with Crippen LogP contribution < -0.4 is 5.73 Å². The number of hydrogen-bond acceptors (Lipinski definition) is 2. The van der Waals surface area contributed by atoms with Crippen LogP contribution in [0.5, 0.6) is 0 Å².